The molecule has 1 amide bonds. The first kappa shape index (κ1) is 12.8. The van der Waals surface area contributed by atoms with Crippen molar-refractivity contribution in [2.45, 2.75) is 32.7 Å². The smallest absolute Gasteiger partial charge is 0.226 e. The molecule has 1 aliphatic carbocycles. The predicted molar refractivity (Wildman–Crippen MR) is 63.2 cm³/mol. The second kappa shape index (κ2) is 5.17. The quantitative estimate of drug-likeness (QED) is 0.739. The second-order valence-corrected chi connectivity index (χ2v) is 4.86. The van der Waals surface area contributed by atoms with Gasteiger partial charge in [-0.1, -0.05) is 6.92 Å². The van der Waals surface area contributed by atoms with Gasteiger partial charge in [0.05, 0.1) is 0 Å². The molecule has 2 aliphatic rings. The summed E-state index contributed by atoms with van der Waals surface area (Å²) in [6.07, 6.45) is 2.21. The number of hydrogen-bond donors (Lipinski definition) is 1. The van der Waals surface area contributed by atoms with Gasteiger partial charge in [-0.2, -0.15) is 0 Å². The Balaban J connectivity index is 0.00000112. The first-order chi connectivity index (χ1) is 6.68. The van der Waals surface area contributed by atoms with Gasteiger partial charge in [-0.3, -0.25) is 4.79 Å². The molecule has 0 aromatic rings. The Labute approximate surface area is 98.0 Å². The molecule has 1 heterocycles. The van der Waals surface area contributed by atoms with Crippen LogP contribution in [0.2, 0.25) is 0 Å². The van der Waals surface area contributed by atoms with E-state index in [-0.39, 0.29) is 12.4 Å². The van der Waals surface area contributed by atoms with E-state index in [1.165, 1.54) is 0 Å². The van der Waals surface area contributed by atoms with Crippen LogP contribution in [0.1, 0.15) is 26.7 Å². The molecule has 88 valence electrons. The summed E-state index contributed by atoms with van der Waals surface area (Å²) in [5.74, 6) is 1.50. The fraction of sp³-hybridized carbons (Fsp3) is 0.909. The van der Waals surface area contributed by atoms with Crippen LogP contribution in [0, 0.1) is 11.8 Å². The summed E-state index contributed by atoms with van der Waals surface area (Å²) in [5, 5.41) is 3.31. The minimum absolute atomic E-state index is 0. The molecular formula is C11H21ClN2O. The summed E-state index contributed by atoms with van der Waals surface area (Å²) >= 11 is 0. The molecule has 0 bridgehead atoms. The normalized spacial score (nSPS) is 35.3. The van der Waals surface area contributed by atoms with Crippen LogP contribution in [-0.2, 0) is 4.79 Å². The maximum absolute atomic E-state index is 12.0. The molecule has 0 spiro atoms. The molecule has 2 fully saturated rings. The Bertz CT molecular complexity index is 229. The molecule has 1 saturated heterocycles. The zero-order valence-corrected chi connectivity index (χ0v) is 10.3. The number of carbonyl (C=O) groups excluding carboxylic acids is 1. The van der Waals surface area contributed by atoms with Gasteiger partial charge in [0, 0.05) is 31.6 Å². The third-order valence-corrected chi connectivity index (χ3v) is 3.51. The van der Waals surface area contributed by atoms with Crippen molar-refractivity contribution in [1.82, 2.24) is 10.2 Å². The van der Waals surface area contributed by atoms with Crippen molar-refractivity contribution in [1.29, 1.82) is 0 Å². The van der Waals surface area contributed by atoms with Crippen LogP contribution in [0.5, 0.6) is 0 Å². The summed E-state index contributed by atoms with van der Waals surface area (Å²) in [4.78, 5) is 14.1. The summed E-state index contributed by atoms with van der Waals surface area (Å²) in [6.45, 7) is 7.16. The van der Waals surface area contributed by atoms with Gasteiger partial charge in [0.25, 0.3) is 0 Å². The van der Waals surface area contributed by atoms with Gasteiger partial charge in [0.15, 0.2) is 0 Å². The van der Waals surface area contributed by atoms with E-state index in [1.807, 2.05) is 0 Å². The molecule has 0 unspecified atom stereocenters. The topological polar surface area (TPSA) is 32.3 Å². The lowest BCUT2D eigenvalue weighted by Gasteiger charge is -2.40. The fourth-order valence-electron chi connectivity index (χ4n) is 2.51. The van der Waals surface area contributed by atoms with E-state index in [0.29, 0.717) is 17.9 Å². The van der Waals surface area contributed by atoms with Gasteiger partial charge in [0.2, 0.25) is 5.91 Å². The van der Waals surface area contributed by atoms with Crippen molar-refractivity contribution in [3.8, 4) is 0 Å². The third-order valence-electron chi connectivity index (χ3n) is 3.51. The number of nitrogens with one attached hydrogen (secondary N) is 1. The number of hydrogen-bond acceptors (Lipinski definition) is 2. The number of halogens is 1. The Morgan fingerprint density at radius 1 is 1.33 bits per heavy atom. The van der Waals surface area contributed by atoms with E-state index in [0.717, 1.165) is 38.4 Å². The molecule has 1 atom stereocenters. The third kappa shape index (κ3) is 2.64. The zero-order valence-electron chi connectivity index (χ0n) is 9.53. The van der Waals surface area contributed by atoms with Crippen LogP contribution in [0.15, 0.2) is 0 Å². The summed E-state index contributed by atoms with van der Waals surface area (Å²) in [6, 6.07) is 0.382. The molecule has 4 heteroatoms. The van der Waals surface area contributed by atoms with E-state index >= 15 is 0 Å². The molecule has 0 aromatic carbocycles. The fourth-order valence-corrected chi connectivity index (χ4v) is 2.51. The van der Waals surface area contributed by atoms with Gasteiger partial charge >= 0.3 is 0 Å². The van der Waals surface area contributed by atoms with Crippen LogP contribution in [0.25, 0.3) is 0 Å². The molecule has 0 aromatic heterocycles. The average Bonchev–Trinajstić information content (AvgIpc) is 2.13. The van der Waals surface area contributed by atoms with Crippen molar-refractivity contribution in [3.63, 3.8) is 0 Å². The lowest BCUT2D eigenvalue weighted by molar-refractivity contribution is -0.142. The predicted octanol–water partition coefficient (Wildman–Crippen LogP) is 1.27. The Hall–Kier alpha value is -0.280. The van der Waals surface area contributed by atoms with Crippen LogP contribution < -0.4 is 5.32 Å². The van der Waals surface area contributed by atoms with Crippen molar-refractivity contribution >= 4 is 18.3 Å². The first-order valence-electron chi connectivity index (χ1n) is 5.69. The highest BCUT2D eigenvalue weighted by Crippen LogP contribution is 2.34. The minimum atomic E-state index is 0. The molecule has 0 radical (unpaired) electrons. The first-order valence-corrected chi connectivity index (χ1v) is 5.69. The maximum Gasteiger partial charge on any atom is 0.226 e. The Morgan fingerprint density at radius 3 is 2.53 bits per heavy atom. The second-order valence-electron chi connectivity index (χ2n) is 4.86. The highest BCUT2D eigenvalue weighted by Gasteiger charge is 2.36. The van der Waals surface area contributed by atoms with Crippen LogP contribution in [0.3, 0.4) is 0 Å². The van der Waals surface area contributed by atoms with Crippen molar-refractivity contribution in [2.24, 2.45) is 11.8 Å². The maximum atomic E-state index is 12.0. The van der Waals surface area contributed by atoms with Gasteiger partial charge in [-0.15, -0.1) is 12.4 Å². The van der Waals surface area contributed by atoms with Crippen LogP contribution >= 0.6 is 12.4 Å². The van der Waals surface area contributed by atoms with E-state index in [9.17, 15) is 4.79 Å². The Kier molecular flexibility index (Phi) is 4.41. The SMILES string of the molecule is CC1CC(C(=O)N2CCNC[C@H]2C)C1.Cl. The van der Waals surface area contributed by atoms with E-state index in [2.05, 4.69) is 24.1 Å². The number of piperazine rings is 1. The van der Waals surface area contributed by atoms with Crippen LogP contribution in [-0.4, -0.2) is 36.5 Å². The lowest BCUT2D eigenvalue weighted by atomic mass is 9.75. The number of rotatable bonds is 1. The summed E-state index contributed by atoms with van der Waals surface area (Å²) in [5.41, 5.74) is 0. The molecule has 1 saturated carbocycles. The van der Waals surface area contributed by atoms with Gasteiger partial charge in [-0.25, -0.2) is 0 Å². The van der Waals surface area contributed by atoms with Crippen molar-refractivity contribution < 1.29 is 4.79 Å². The van der Waals surface area contributed by atoms with Crippen LogP contribution in [0.4, 0.5) is 0 Å². The average molecular weight is 233 g/mol. The minimum Gasteiger partial charge on any atom is -0.337 e. The van der Waals surface area contributed by atoms with Crippen molar-refractivity contribution in [2.75, 3.05) is 19.6 Å². The van der Waals surface area contributed by atoms with Gasteiger partial charge < -0.3 is 10.2 Å². The largest absolute Gasteiger partial charge is 0.337 e. The standard InChI is InChI=1S/C11H20N2O.ClH/c1-8-5-10(6-8)11(14)13-4-3-12-7-9(13)2;/h8-10,12H,3-7H2,1-2H3;1H/t8?,9-,10?;/m1./s1. The summed E-state index contributed by atoms with van der Waals surface area (Å²) < 4.78 is 0. The van der Waals surface area contributed by atoms with E-state index < -0.39 is 0 Å². The van der Waals surface area contributed by atoms with Gasteiger partial charge in [0.1, 0.15) is 0 Å². The molecule has 1 N–H and O–H groups in total. The summed E-state index contributed by atoms with van der Waals surface area (Å²) in [7, 11) is 0. The lowest BCUT2D eigenvalue weighted by Crippen LogP contribution is -2.55. The zero-order chi connectivity index (χ0) is 10.1. The van der Waals surface area contributed by atoms with E-state index in [1.54, 1.807) is 0 Å². The van der Waals surface area contributed by atoms with E-state index in [4.69, 9.17) is 0 Å². The monoisotopic (exact) mass is 232 g/mol. The number of nitrogens with zero attached hydrogens (tertiary/aromatic N) is 1. The number of carbonyl (C=O) groups is 1. The molecule has 15 heavy (non-hydrogen) atoms. The molecule has 2 rings (SSSR count). The highest BCUT2D eigenvalue weighted by molar-refractivity contribution is 5.85. The van der Waals surface area contributed by atoms with Crippen molar-refractivity contribution in [3.05, 3.63) is 0 Å². The Morgan fingerprint density at radius 2 is 2.00 bits per heavy atom. The molecule has 1 aliphatic heterocycles. The molecular weight excluding hydrogens is 212 g/mol. The highest BCUT2D eigenvalue weighted by atomic mass is 35.5. The molecule has 3 nitrogen and oxygen atoms in total. The van der Waals surface area contributed by atoms with Gasteiger partial charge in [-0.05, 0) is 25.7 Å². The number of amides is 1.